The van der Waals surface area contributed by atoms with E-state index >= 15 is 0 Å². The van der Waals surface area contributed by atoms with Gasteiger partial charge in [-0.15, -0.1) is 0 Å². The van der Waals surface area contributed by atoms with Crippen molar-refractivity contribution in [2.24, 2.45) is 5.73 Å². The maximum absolute atomic E-state index is 12.0. The predicted molar refractivity (Wildman–Crippen MR) is 87.2 cm³/mol. The van der Waals surface area contributed by atoms with Crippen LogP contribution in [-0.4, -0.2) is 37.2 Å². The lowest BCUT2D eigenvalue weighted by atomic mass is 10.0. The fraction of sp³-hybridized carbons (Fsp3) is 0.412. The first-order chi connectivity index (χ1) is 10.6. The summed E-state index contributed by atoms with van der Waals surface area (Å²) in [5, 5.41) is 0.977. The molecule has 0 spiro atoms. The molecular weight excluding hydrogens is 278 g/mol. The van der Waals surface area contributed by atoms with Crippen LogP contribution in [0.5, 0.6) is 0 Å². The number of anilines is 1. The molecular formula is C17H21N3O2. The average molecular weight is 299 g/mol. The summed E-state index contributed by atoms with van der Waals surface area (Å²) in [5.74, 6) is -0.422. The summed E-state index contributed by atoms with van der Waals surface area (Å²) in [7, 11) is 1.71. The Balaban J connectivity index is 2.25. The van der Waals surface area contributed by atoms with Crippen molar-refractivity contribution in [2.75, 3.05) is 25.2 Å². The second kappa shape index (κ2) is 5.93. The van der Waals surface area contributed by atoms with E-state index < -0.39 is 5.91 Å². The van der Waals surface area contributed by atoms with Crippen molar-refractivity contribution in [1.29, 1.82) is 0 Å². The van der Waals surface area contributed by atoms with Crippen LogP contribution in [0.2, 0.25) is 0 Å². The number of nitrogens with two attached hydrogens (primary N) is 1. The Labute approximate surface area is 130 Å². The monoisotopic (exact) mass is 299 g/mol. The molecule has 2 aromatic rings. The summed E-state index contributed by atoms with van der Waals surface area (Å²) < 4.78 is 5.35. The van der Waals surface area contributed by atoms with Gasteiger partial charge in [0.1, 0.15) is 0 Å². The van der Waals surface area contributed by atoms with Crippen LogP contribution < -0.4 is 10.6 Å². The summed E-state index contributed by atoms with van der Waals surface area (Å²) in [6.07, 6.45) is 2.14. The number of carbonyl (C=O) groups excluding carboxylic acids is 1. The number of benzene rings is 1. The molecule has 0 unspecified atom stereocenters. The molecule has 1 atom stereocenters. The van der Waals surface area contributed by atoms with Crippen LogP contribution in [0.4, 0.5) is 5.69 Å². The van der Waals surface area contributed by atoms with E-state index in [-0.39, 0.29) is 6.04 Å². The van der Waals surface area contributed by atoms with E-state index in [2.05, 4.69) is 9.88 Å². The Morgan fingerprint density at radius 1 is 1.45 bits per heavy atom. The quantitative estimate of drug-likeness (QED) is 0.940. The van der Waals surface area contributed by atoms with Crippen LogP contribution in [-0.2, 0) is 4.74 Å². The number of para-hydroxylation sites is 1. The van der Waals surface area contributed by atoms with Gasteiger partial charge in [0.05, 0.1) is 35.1 Å². The molecule has 5 heteroatoms. The number of ether oxygens (including phenoxy) is 1. The van der Waals surface area contributed by atoms with Gasteiger partial charge in [-0.05, 0) is 25.8 Å². The Hall–Kier alpha value is -2.14. The molecule has 1 fully saturated rings. The molecule has 0 radical (unpaired) electrons. The van der Waals surface area contributed by atoms with Crippen molar-refractivity contribution in [3.8, 4) is 0 Å². The lowest BCUT2D eigenvalue weighted by Crippen LogP contribution is -2.35. The van der Waals surface area contributed by atoms with E-state index in [4.69, 9.17) is 10.5 Å². The van der Waals surface area contributed by atoms with Crippen molar-refractivity contribution < 1.29 is 9.53 Å². The molecule has 0 saturated carbocycles. The molecule has 1 amide bonds. The zero-order chi connectivity index (χ0) is 15.7. The zero-order valence-electron chi connectivity index (χ0n) is 13.0. The average Bonchev–Trinajstić information content (AvgIpc) is 2.93. The van der Waals surface area contributed by atoms with E-state index in [0.717, 1.165) is 36.0 Å². The summed E-state index contributed by atoms with van der Waals surface area (Å²) in [5.41, 5.74) is 8.67. The third-order valence-corrected chi connectivity index (χ3v) is 4.32. The Morgan fingerprint density at radius 3 is 2.95 bits per heavy atom. The van der Waals surface area contributed by atoms with Gasteiger partial charge in [-0.25, -0.2) is 0 Å². The van der Waals surface area contributed by atoms with Gasteiger partial charge < -0.3 is 15.4 Å². The number of primary amides is 1. The number of fused-ring (bicyclic) bond motifs is 1. The van der Waals surface area contributed by atoms with Crippen molar-refractivity contribution in [1.82, 2.24) is 4.98 Å². The molecule has 0 bridgehead atoms. The third kappa shape index (κ3) is 2.41. The van der Waals surface area contributed by atoms with Crippen molar-refractivity contribution in [3.63, 3.8) is 0 Å². The molecule has 1 saturated heterocycles. The van der Waals surface area contributed by atoms with Crippen LogP contribution in [0, 0.1) is 6.92 Å². The number of pyridine rings is 1. The molecule has 1 aromatic carbocycles. The van der Waals surface area contributed by atoms with E-state index in [1.165, 1.54) is 0 Å². The van der Waals surface area contributed by atoms with Gasteiger partial charge in [0, 0.05) is 19.0 Å². The van der Waals surface area contributed by atoms with Crippen LogP contribution in [0.25, 0.3) is 10.9 Å². The van der Waals surface area contributed by atoms with Crippen molar-refractivity contribution in [2.45, 2.75) is 25.8 Å². The highest BCUT2D eigenvalue weighted by molar-refractivity contribution is 6.08. The van der Waals surface area contributed by atoms with Crippen LogP contribution in [0.15, 0.2) is 24.3 Å². The number of methoxy groups -OCH3 is 1. The Bertz CT molecular complexity index is 714. The molecule has 1 aliphatic heterocycles. The Kier molecular flexibility index (Phi) is 3.98. The Morgan fingerprint density at radius 2 is 2.23 bits per heavy atom. The fourth-order valence-electron chi connectivity index (χ4n) is 3.40. The van der Waals surface area contributed by atoms with Gasteiger partial charge in [-0.3, -0.25) is 9.78 Å². The maximum Gasteiger partial charge on any atom is 0.252 e. The molecule has 2 N–H and O–H groups in total. The second-order valence-electron chi connectivity index (χ2n) is 5.75. The van der Waals surface area contributed by atoms with E-state index in [1.807, 2.05) is 31.2 Å². The number of rotatable bonds is 4. The van der Waals surface area contributed by atoms with Crippen molar-refractivity contribution in [3.05, 3.63) is 35.5 Å². The summed E-state index contributed by atoms with van der Waals surface area (Å²) in [6.45, 7) is 3.40. The number of hydrogen-bond acceptors (Lipinski definition) is 4. The van der Waals surface area contributed by atoms with Gasteiger partial charge in [0.15, 0.2) is 0 Å². The lowest BCUT2D eigenvalue weighted by Gasteiger charge is -2.29. The summed E-state index contributed by atoms with van der Waals surface area (Å²) in [4.78, 5) is 18.8. The number of amides is 1. The van der Waals surface area contributed by atoms with Crippen LogP contribution in [0.3, 0.4) is 0 Å². The van der Waals surface area contributed by atoms with Gasteiger partial charge in [-0.1, -0.05) is 18.2 Å². The maximum atomic E-state index is 12.0. The molecule has 2 heterocycles. The summed E-state index contributed by atoms with van der Waals surface area (Å²) >= 11 is 0. The van der Waals surface area contributed by atoms with Gasteiger partial charge in [0.25, 0.3) is 5.91 Å². The topological polar surface area (TPSA) is 68.5 Å². The molecule has 5 nitrogen and oxygen atoms in total. The predicted octanol–water partition coefficient (Wildman–Crippen LogP) is 2.26. The summed E-state index contributed by atoms with van der Waals surface area (Å²) in [6, 6.07) is 8.17. The zero-order valence-corrected chi connectivity index (χ0v) is 13.0. The SMILES string of the molecule is COC[C@@H]1CCCN1c1c(C(N)=O)c(C)nc2ccccc12. The minimum absolute atomic E-state index is 0.272. The molecule has 22 heavy (non-hydrogen) atoms. The number of aromatic nitrogens is 1. The highest BCUT2D eigenvalue weighted by Gasteiger charge is 2.30. The minimum Gasteiger partial charge on any atom is -0.383 e. The number of carbonyl (C=O) groups is 1. The van der Waals surface area contributed by atoms with Gasteiger partial charge in [0.2, 0.25) is 0 Å². The van der Waals surface area contributed by atoms with Gasteiger partial charge in [-0.2, -0.15) is 0 Å². The van der Waals surface area contributed by atoms with E-state index in [9.17, 15) is 4.79 Å². The van der Waals surface area contributed by atoms with Gasteiger partial charge >= 0.3 is 0 Å². The normalized spacial score (nSPS) is 18.1. The standard InChI is InChI=1S/C17H21N3O2/c1-11-15(17(18)21)16(13-7-3-4-8-14(13)19-11)20-9-5-6-12(20)10-22-2/h3-4,7-8,12H,5-6,9-10H2,1-2H3,(H2,18,21)/t12-/m0/s1. The van der Waals surface area contributed by atoms with Crippen molar-refractivity contribution >= 4 is 22.5 Å². The van der Waals surface area contributed by atoms with Crippen LogP contribution >= 0.6 is 0 Å². The molecule has 0 aliphatic carbocycles. The first-order valence-electron chi connectivity index (χ1n) is 7.58. The highest BCUT2D eigenvalue weighted by atomic mass is 16.5. The lowest BCUT2D eigenvalue weighted by molar-refractivity contribution is 0.0999. The second-order valence-corrected chi connectivity index (χ2v) is 5.75. The fourth-order valence-corrected chi connectivity index (χ4v) is 3.40. The first kappa shape index (κ1) is 14.8. The third-order valence-electron chi connectivity index (χ3n) is 4.32. The highest BCUT2D eigenvalue weighted by Crippen LogP contribution is 2.36. The minimum atomic E-state index is -0.422. The molecule has 3 rings (SSSR count). The number of nitrogens with zero attached hydrogens (tertiary/aromatic N) is 2. The van der Waals surface area contributed by atoms with Crippen LogP contribution in [0.1, 0.15) is 28.9 Å². The van der Waals surface area contributed by atoms with E-state index in [1.54, 1.807) is 7.11 Å². The first-order valence-corrected chi connectivity index (χ1v) is 7.58. The number of aryl methyl sites for hydroxylation is 1. The smallest absolute Gasteiger partial charge is 0.252 e. The number of hydrogen-bond donors (Lipinski definition) is 1. The van der Waals surface area contributed by atoms with E-state index in [0.29, 0.717) is 17.9 Å². The largest absolute Gasteiger partial charge is 0.383 e. The molecule has 116 valence electrons. The molecule has 1 aromatic heterocycles. The molecule has 1 aliphatic rings.